The molecule has 2 aromatic rings. The molecule has 0 unspecified atom stereocenters. The van der Waals surface area contributed by atoms with Gasteiger partial charge in [-0.2, -0.15) is 0 Å². The van der Waals surface area contributed by atoms with Crippen LogP contribution in [0.15, 0.2) is 30.3 Å². The van der Waals surface area contributed by atoms with Crippen LogP contribution in [0.25, 0.3) is 0 Å². The molecule has 0 fully saturated rings. The quantitative estimate of drug-likeness (QED) is 0.829. The number of nitrogens with one attached hydrogen (secondary N) is 1. The Morgan fingerprint density at radius 2 is 1.90 bits per heavy atom. The Bertz CT molecular complexity index is 646. The van der Waals surface area contributed by atoms with Gasteiger partial charge in [0.2, 0.25) is 0 Å². The van der Waals surface area contributed by atoms with Crippen molar-refractivity contribution in [1.29, 1.82) is 0 Å². The normalized spacial score (nSPS) is 10.4. The topological polar surface area (TPSA) is 55.1 Å². The molecule has 0 saturated carbocycles. The first-order valence-corrected chi connectivity index (χ1v) is 6.07. The molecule has 2 rings (SSSR count). The second-order valence-electron chi connectivity index (χ2n) is 4.32. The van der Waals surface area contributed by atoms with E-state index in [0.717, 1.165) is 11.6 Å². The fraction of sp³-hybridized carbons (Fsp3) is 0.0714. The Balaban J connectivity index is 2.32. The summed E-state index contributed by atoms with van der Waals surface area (Å²) < 4.78 is 26.5. The Kier molecular flexibility index (Phi) is 3.90. The van der Waals surface area contributed by atoms with Crippen molar-refractivity contribution in [1.82, 2.24) is 0 Å². The van der Waals surface area contributed by atoms with Crippen molar-refractivity contribution in [2.75, 3.05) is 11.1 Å². The molecule has 1 amide bonds. The lowest BCUT2D eigenvalue weighted by Crippen LogP contribution is -2.15. The number of anilines is 2. The standard InChI is InChI=1S/C14H11ClF2N2O/c1-7-2-8(4-9(15)3-7)14(20)19-13-11(17)5-10(16)6-12(13)18/h2-6H,18H2,1H3,(H,19,20). The number of carbonyl (C=O) groups excluding carboxylic acids is 1. The van der Waals surface area contributed by atoms with Gasteiger partial charge in [0.05, 0.1) is 5.69 Å². The number of amides is 1. The van der Waals surface area contributed by atoms with E-state index in [1.165, 1.54) is 6.07 Å². The lowest BCUT2D eigenvalue weighted by Gasteiger charge is -2.10. The van der Waals surface area contributed by atoms with Gasteiger partial charge in [0.15, 0.2) is 5.82 Å². The zero-order valence-electron chi connectivity index (χ0n) is 10.5. The molecule has 0 aliphatic heterocycles. The average Bonchev–Trinajstić information content (AvgIpc) is 2.32. The summed E-state index contributed by atoms with van der Waals surface area (Å²) in [5.41, 5.74) is 6.10. The Morgan fingerprint density at radius 3 is 2.50 bits per heavy atom. The summed E-state index contributed by atoms with van der Waals surface area (Å²) in [6, 6.07) is 6.31. The smallest absolute Gasteiger partial charge is 0.255 e. The minimum atomic E-state index is -0.936. The van der Waals surface area contributed by atoms with Crippen LogP contribution in [0.1, 0.15) is 15.9 Å². The van der Waals surface area contributed by atoms with Crippen molar-refractivity contribution in [3.63, 3.8) is 0 Å². The second kappa shape index (κ2) is 5.46. The number of rotatable bonds is 2. The highest BCUT2D eigenvalue weighted by Crippen LogP contribution is 2.25. The molecule has 0 aliphatic rings. The second-order valence-corrected chi connectivity index (χ2v) is 4.76. The molecule has 20 heavy (non-hydrogen) atoms. The summed E-state index contributed by atoms with van der Waals surface area (Å²) in [5, 5.41) is 2.70. The Labute approximate surface area is 119 Å². The number of nitrogen functional groups attached to an aromatic ring is 1. The summed E-state index contributed by atoms with van der Waals surface area (Å²) in [5.74, 6) is -2.32. The molecule has 0 aromatic heterocycles. The number of benzene rings is 2. The summed E-state index contributed by atoms with van der Waals surface area (Å²) in [6.07, 6.45) is 0. The zero-order valence-corrected chi connectivity index (χ0v) is 11.3. The van der Waals surface area contributed by atoms with Gasteiger partial charge in [0, 0.05) is 16.7 Å². The zero-order chi connectivity index (χ0) is 14.9. The van der Waals surface area contributed by atoms with Crippen LogP contribution < -0.4 is 11.1 Å². The third kappa shape index (κ3) is 3.05. The molecule has 0 saturated heterocycles. The highest BCUT2D eigenvalue weighted by Gasteiger charge is 2.14. The number of hydrogen-bond donors (Lipinski definition) is 2. The third-order valence-electron chi connectivity index (χ3n) is 2.63. The van der Waals surface area contributed by atoms with Gasteiger partial charge in [0.1, 0.15) is 11.5 Å². The van der Waals surface area contributed by atoms with Crippen LogP contribution in [0.5, 0.6) is 0 Å². The van der Waals surface area contributed by atoms with Gasteiger partial charge in [-0.15, -0.1) is 0 Å². The van der Waals surface area contributed by atoms with Crippen molar-refractivity contribution in [2.45, 2.75) is 6.92 Å². The Hall–Kier alpha value is -2.14. The number of nitrogens with two attached hydrogens (primary N) is 1. The van der Waals surface area contributed by atoms with Crippen LogP contribution in [0.2, 0.25) is 5.02 Å². The van der Waals surface area contributed by atoms with Crippen LogP contribution in [0, 0.1) is 18.6 Å². The molecule has 0 atom stereocenters. The third-order valence-corrected chi connectivity index (χ3v) is 2.85. The van der Waals surface area contributed by atoms with Crippen LogP contribution in [-0.2, 0) is 0 Å². The molecule has 3 nitrogen and oxygen atoms in total. The predicted octanol–water partition coefficient (Wildman–Crippen LogP) is 3.76. The molecule has 0 heterocycles. The lowest BCUT2D eigenvalue weighted by atomic mass is 10.1. The molecule has 0 aliphatic carbocycles. The van der Waals surface area contributed by atoms with E-state index in [2.05, 4.69) is 5.32 Å². The highest BCUT2D eigenvalue weighted by atomic mass is 35.5. The monoisotopic (exact) mass is 296 g/mol. The molecule has 0 radical (unpaired) electrons. The van der Waals surface area contributed by atoms with Gasteiger partial charge < -0.3 is 11.1 Å². The fourth-order valence-electron chi connectivity index (χ4n) is 1.78. The first kappa shape index (κ1) is 14.3. The van der Waals surface area contributed by atoms with Gasteiger partial charge >= 0.3 is 0 Å². The minimum absolute atomic E-state index is 0.186. The summed E-state index contributed by atoms with van der Waals surface area (Å²) in [6.45, 7) is 1.77. The number of halogens is 3. The maximum Gasteiger partial charge on any atom is 0.255 e. The number of hydrogen-bond acceptors (Lipinski definition) is 2. The van der Waals surface area contributed by atoms with Crippen LogP contribution in [0.3, 0.4) is 0 Å². The van der Waals surface area contributed by atoms with E-state index in [0.29, 0.717) is 11.1 Å². The highest BCUT2D eigenvalue weighted by molar-refractivity contribution is 6.31. The summed E-state index contributed by atoms with van der Waals surface area (Å²) in [7, 11) is 0. The van der Waals surface area contributed by atoms with E-state index in [4.69, 9.17) is 17.3 Å². The van der Waals surface area contributed by atoms with Gasteiger partial charge in [0.25, 0.3) is 5.91 Å². The van der Waals surface area contributed by atoms with Crippen LogP contribution in [-0.4, -0.2) is 5.91 Å². The van der Waals surface area contributed by atoms with E-state index in [1.807, 2.05) is 0 Å². The molecule has 0 spiro atoms. The van der Waals surface area contributed by atoms with E-state index in [-0.39, 0.29) is 16.9 Å². The molecule has 104 valence electrons. The Morgan fingerprint density at radius 1 is 1.20 bits per heavy atom. The van der Waals surface area contributed by atoms with E-state index in [1.54, 1.807) is 19.1 Å². The van der Waals surface area contributed by atoms with Gasteiger partial charge in [-0.1, -0.05) is 11.6 Å². The van der Waals surface area contributed by atoms with Gasteiger partial charge in [-0.05, 0) is 36.8 Å². The molecule has 2 aromatic carbocycles. The van der Waals surface area contributed by atoms with Crippen molar-refractivity contribution in [2.24, 2.45) is 0 Å². The first-order valence-electron chi connectivity index (χ1n) is 5.70. The summed E-state index contributed by atoms with van der Waals surface area (Å²) in [4.78, 5) is 12.0. The largest absolute Gasteiger partial charge is 0.397 e. The lowest BCUT2D eigenvalue weighted by molar-refractivity contribution is 0.102. The minimum Gasteiger partial charge on any atom is -0.397 e. The SMILES string of the molecule is Cc1cc(Cl)cc(C(=O)Nc2c(N)cc(F)cc2F)c1. The summed E-state index contributed by atoms with van der Waals surface area (Å²) >= 11 is 5.85. The molecule has 3 N–H and O–H groups in total. The molecule has 0 bridgehead atoms. The number of carbonyl (C=O) groups is 1. The van der Waals surface area contributed by atoms with E-state index in [9.17, 15) is 13.6 Å². The van der Waals surface area contributed by atoms with E-state index < -0.39 is 17.5 Å². The van der Waals surface area contributed by atoms with Crippen LogP contribution >= 0.6 is 11.6 Å². The van der Waals surface area contributed by atoms with E-state index >= 15 is 0 Å². The molecule has 6 heteroatoms. The van der Waals surface area contributed by atoms with Crippen molar-refractivity contribution in [3.05, 3.63) is 58.1 Å². The molecular formula is C14H11ClF2N2O. The maximum atomic E-state index is 13.6. The van der Waals surface area contributed by atoms with Crippen molar-refractivity contribution < 1.29 is 13.6 Å². The molecular weight excluding hydrogens is 286 g/mol. The maximum absolute atomic E-state index is 13.6. The number of aryl methyl sites for hydroxylation is 1. The van der Waals surface area contributed by atoms with Gasteiger partial charge in [-0.3, -0.25) is 4.79 Å². The van der Waals surface area contributed by atoms with Crippen molar-refractivity contribution in [3.8, 4) is 0 Å². The van der Waals surface area contributed by atoms with Crippen LogP contribution in [0.4, 0.5) is 20.2 Å². The van der Waals surface area contributed by atoms with Crippen molar-refractivity contribution >= 4 is 28.9 Å². The fourth-order valence-corrected chi connectivity index (χ4v) is 2.07. The predicted molar refractivity (Wildman–Crippen MR) is 74.9 cm³/mol. The first-order chi connectivity index (χ1) is 9.36. The van der Waals surface area contributed by atoms with Gasteiger partial charge in [-0.25, -0.2) is 8.78 Å². The average molecular weight is 297 g/mol.